The number of guanidine groups is 1. The van der Waals surface area contributed by atoms with Gasteiger partial charge in [0, 0.05) is 6.04 Å². The third-order valence-corrected chi connectivity index (χ3v) is 4.21. The van der Waals surface area contributed by atoms with Gasteiger partial charge in [0.1, 0.15) is 10.0 Å². The lowest BCUT2D eigenvalue weighted by molar-refractivity contribution is 0.412. The number of aryl methyl sites for hydroxylation is 1. The molecular weight excluding hydrogens is 246 g/mol. The highest BCUT2D eigenvalue weighted by Crippen LogP contribution is 2.17. The van der Waals surface area contributed by atoms with Gasteiger partial charge in [-0.1, -0.05) is 37.5 Å². The third kappa shape index (κ3) is 3.94. The molecule has 2 rings (SSSR count). The molecule has 0 unspecified atom stereocenters. The summed E-state index contributed by atoms with van der Waals surface area (Å²) in [7, 11) is 0. The lowest BCUT2D eigenvalue weighted by Gasteiger charge is -2.23. The smallest absolute Gasteiger partial charge is 0.189 e. The van der Waals surface area contributed by atoms with Crippen LogP contribution in [0.1, 0.15) is 49.0 Å². The topological polar surface area (TPSA) is 76.2 Å². The Morgan fingerprint density at radius 1 is 1.33 bits per heavy atom. The van der Waals surface area contributed by atoms with E-state index in [-0.39, 0.29) is 0 Å². The summed E-state index contributed by atoms with van der Waals surface area (Å²) in [5, 5.41) is 13.4. The van der Waals surface area contributed by atoms with Gasteiger partial charge < -0.3 is 11.1 Å². The second-order valence-corrected chi connectivity index (χ2v) is 5.77. The average molecular weight is 267 g/mol. The summed E-state index contributed by atoms with van der Waals surface area (Å²) in [6.07, 6.45) is 7.27. The van der Waals surface area contributed by atoms with Crippen LogP contribution in [0.5, 0.6) is 0 Å². The first-order chi connectivity index (χ1) is 8.78. The lowest BCUT2D eigenvalue weighted by Crippen LogP contribution is -2.41. The second kappa shape index (κ2) is 6.68. The molecule has 0 amide bonds. The third-order valence-electron chi connectivity index (χ3n) is 3.15. The van der Waals surface area contributed by atoms with Crippen LogP contribution in [-0.4, -0.2) is 22.2 Å². The normalized spacial score (nSPS) is 17.9. The zero-order chi connectivity index (χ0) is 12.8. The minimum atomic E-state index is 0.503. The van der Waals surface area contributed by atoms with Crippen molar-refractivity contribution in [1.29, 1.82) is 0 Å². The van der Waals surface area contributed by atoms with Crippen molar-refractivity contribution in [3.8, 4) is 0 Å². The largest absolute Gasteiger partial charge is 0.370 e. The SMILES string of the molecule is CCc1nnc(CN=C(N)NC2CCCCC2)s1. The van der Waals surface area contributed by atoms with Gasteiger partial charge in [-0.2, -0.15) is 0 Å². The van der Waals surface area contributed by atoms with E-state index in [2.05, 4.69) is 27.4 Å². The maximum absolute atomic E-state index is 5.89. The van der Waals surface area contributed by atoms with Crippen LogP contribution in [0.25, 0.3) is 0 Å². The van der Waals surface area contributed by atoms with Gasteiger partial charge in [-0.25, -0.2) is 4.99 Å². The number of nitrogens with one attached hydrogen (secondary N) is 1. The van der Waals surface area contributed by atoms with Gasteiger partial charge in [-0.3, -0.25) is 0 Å². The van der Waals surface area contributed by atoms with Crippen molar-refractivity contribution >= 4 is 17.3 Å². The Kier molecular flexibility index (Phi) is 4.92. The molecule has 1 heterocycles. The van der Waals surface area contributed by atoms with Crippen molar-refractivity contribution in [3.05, 3.63) is 10.0 Å². The summed E-state index contributed by atoms with van der Waals surface area (Å²) in [6.45, 7) is 2.61. The van der Waals surface area contributed by atoms with Crippen LogP contribution in [0.3, 0.4) is 0 Å². The summed E-state index contributed by atoms with van der Waals surface area (Å²) < 4.78 is 0. The number of aliphatic imine (C=N–C) groups is 1. The Balaban J connectivity index is 1.80. The quantitative estimate of drug-likeness (QED) is 0.644. The van der Waals surface area contributed by atoms with Crippen molar-refractivity contribution < 1.29 is 0 Å². The molecule has 6 heteroatoms. The van der Waals surface area contributed by atoms with Gasteiger partial charge in [-0.15, -0.1) is 10.2 Å². The fourth-order valence-electron chi connectivity index (χ4n) is 2.15. The minimum Gasteiger partial charge on any atom is -0.370 e. The molecule has 1 aliphatic carbocycles. The number of rotatable bonds is 4. The monoisotopic (exact) mass is 267 g/mol. The van der Waals surface area contributed by atoms with E-state index in [0.29, 0.717) is 18.5 Å². The second-order valence-electron chi connectivity index (χ2n) is 4.62. The first kappa shape index (κ1) is 13.3. The van der Waals surface area contributed by atoms with Crippen molar-refractivity contribution in [1.82, 2.24) is 15.5 Å². The van der Waals surface area contributed by atoms with Gasteiger partial charge in [0.25, 0.3) is 0 Å². The molecule has 1 aromatic heterocycles. The van der Waals surface area contributed by atoms with E-state index in [0.717, 1.165) is 16.4 Å². The predicted molar refractivity (Wildman–Crippen MR) is 74.6 cm³/mol. The maximum Gasteiger partial charge on any atom is 0.189 e. The molecule has 3 N–H and O–H groups in total. The van der Waals surface area contributed by atoms with Crippen LogP contribution in [0.4, 0.5) is 0 Å². The summed E-state index contributed by atoms with van der Waals surface area (Å²) in [6, 6.07) is 0.503. The molecule has 1 aliphatic rings. The highest BCUT2D eigenvalue weighted by Gasteiger charge is 2.13. The Morgan fingerprint density at radius 3 is 2.72 bits per heavy atom. The molecule has 1 saturated carbocycles. The standard InChI is InChI=1S/C12H21N5S/c1-2-10-16-17-11(18-10)8-14-12(13)15-9-6-4-3-5-7-9/h9H,2-8H2,1H3,(H3,13,14,15). The van der Waals surface area contributed by atoms with Crippen molar-refractivity contribution in [2.75, 3.05) is 0 Å². The van der Waals surface area contributed by atoms with E-state index in [4.69, 9.17) is 5.73 Å². The van der Waals surface area contributed by atoms with Crippen LogP contribution in [0.15, 0.2) is 4.99 Å². The molecule has 5 nitrogen and oxygen atoms in total. The molecule has 0 spiro atoms. The van der Waals surface area contributed by atoms with Gasteiger partial charge in [0.15, 0.2) is 5.96 Å². The fraction of sp³-hybridized carbons (Fsp3) is 0.750. The van der Waals surface area contributed by atoms with Crippen LogP contribution in [0.2, 0.25) is 0 Å². The number of hydrogen-bond acceptors (Lipinski definition) is 4. The van der Waals surface area contributed by atoms with Gasteiger partial charge in [0.05, 0.1) is 6.54 Å². The van der Waals surface area contributed by atoms with Gasteiger partial charge >= 0.3 is 0 Å². The molecule has 1 aromatic rings. The van der Waals surface area contributed by atoms with E-state index in [1.165, 1.54) is 32.1 Å². The summed E-state index contributed by atoms with van der Waals surface area (Å²) in [5.74, 6) is 0.537. The van der Waals surface area contributed by atoms with Crippen LogP contribution < -0.4 is 11.1 Å². The van der Waals surface area contributed by atoms with E-state index in [1.807, 2.05) is 0 Å². The summed E-state index contributed by atoms with van der Waals surface area (Å²) in [4.78, 5) is 4.33. The molecule has 0 aliphatic heterocycles. The fourth-order valence-corrected chi connectivity index (χ4v) is 2.86. The molecule has 0 saturated heterocycles. The molecule has 0 radical (unpaired) electrons. The Labute approximate surface area is 112 Å². The lowest BCUT2D eigenvalue weighted by atomic mass is 9.96. The maximum atomic E-state index is 5.89. The molecule has 0 atom stereocenters. The zero-order valence-electron chi connectivity index (χ0n) is 10.9. The molecule has 0 aromatic carbocycles. The molecule has 100 valence electrons. The van der Waals surface area contributed by atoms with Gasteiger partial charge in [0.2, 0.25) is 0 Å². The summed E-state index contributed by atoms with van der Waals surface area (Å²) >= 11 is 1.61. The van der Waals surface area contributed by atoms with Crippen molar-refractivity contribution in [2.24, 2.45) is 10.7 Å². The van der Waals surface area contributed by atoms with E-state index in [9.17, 15) is 0 Å². The van der Waals surface area contributed by atoms with Crippen LogP contribution in [-0.2, 0) is 13.0 Å². The van der Waals surface area contributed by atoms with E-state index in [1.54, 1.807) is 11.3 Å². The first-order valence-corrected chi connectivity index (χ1v) is 7.47. The molecule has 0 bridgehead atoms. The van der Waals surface area contributed by atoms with Crippen LogP contribution in [0, 0.1) is 0 Å². The minimum absolute atomic E-state index is 0.503. The number of aromatic nitrogens is 2. The Bertz CT molecular complexity index is 395. The number of hydrogen-bond donors (Lipinski definition) is 2. The summed E-state index contributed by atoms with van der Waals surface area (Å²) in [5.41, 5.74) is 5.89. The predicted octanol–water partition coefficient (Wildman–Crippen LogP) is 1.84. The molecule has 18 heavy (non-hydrogen) atoms. The van der Waals surface area contributed by atoms with Crippen molar-refractivity contribution in [3.63, 3.8) is 0 Å². The highest BCUT2D eigenvalue weighted by atomic mass is 32.1. The van der Waals surface area contributed by atoms with E-state index < -0.39 is 0 Å². The van der Waals surface area contributed by atoms with Crippen LogP contribution >= 0.6 is 11.3 Å². The number of nitrogens with zero attached hydrogens (tertiary/aromatic N) is 3. The average Bonchev–Trinajstić information content (AvgIpc) is 2.85. The first-order valence-electron chi connectivity index (χ1n) is 6.65. The van der Waals surface area contributed by atoms with Gasteiger partial charge in [-0.05, 0) is 19.3 Å². The van der Waals surface area contributed by atoms with E-state index >= 15 is 0 Å². The Hall–Kier alpha value is -1.17. The van der Waals surface area contributed by atoms with Crippen molar-refractivity contribution in [2.45, 2.75) is 58.0 Å². The highest BCUT2D eigenvalue weighted by molar-refractivity contribution is 7.11. The Morgan fingerprint density at radius 2 is 2.06 bits per heavy atom. The zero-order valence-corrected chi connectivity index (χ0v) is 11.7. The molecular formula is C12H21N5S. The molecule has 1 fully saturated rings. The number of nitrogens with two attached hydrogens (primary N) is 1.